The Morgan fingerprint density at radius 1 is 1.36 bits per heavy atom. The van der Waals surface area contributed by atoms with Crippen LogP contribution in [-0.2, 0) is 16.1 Å². The number of aromatic nitrogens is 3. The third kappa shape index (κ3) is 3.72. The Hall–Kier alpha value is -2.25. The zero-order chi connectivity index (χ0) is 17.9. The van der Waals surface area contributed by atoms with Crippen molar-refractivity contribution < 1.29 is 9.53 Å². The normalized spacial score (nSPS) is 16.6. The fourth-order valence-corrected chi connectivity index (χ4v) is 3.21. The van der Waals surface area contributed by atoms with Gasteiger partial charge in [-0.05, 0) is 57.5 Å². The van der Waals surface area contributed by atoms with E-state index in [2.05, 4.69) is 20.7 Å². The molecule has 7 nitrogen and oxygen atoms in total. The van der Waals surface area contributed by atoms with Gasteiger partial charge in [-0.3, -0.25) is 4.79 Å². The van der Waals surface area contributed by atoms with E-state index in [0.29, 0.717) is 19.4 Å². The average molecular weight is 343 g/mol. The molecule has 25 heavy (non-hydrogen) atoms. The van der Waals surface area contributed by atoms with Gasteiger partial charge in [0.2, 0.25) is 0 Å². The van der Waals surface area contributed by atoms with Crippen LogP contribution in [0, 0.1) is 13.8 Å². The van der Waals surface area contributed by atoms with Gasteiger partial charge in [0.05, 0.1) is 5.69 Å². The van der Waals surface area contributed by atoms with Crippen LogP contribution in [0.5, 0.6) is 0 Å². The van der Waals surface area contributed by atoms with Crippen LogP contribution >= 0.6 is 0 Å². The first-order valence-corrected chi connectivity index (χ1v) is 8.57. The predicted molar refractivity (Wildman–Crippen MR) is 94.5 cm³/mol. The second-order valence-corrected chi connectivity index (χ2v) is 6.49. The second-order valence-electron chi connectivity index (χ2n) is 6.49. The molecule has 134 valence electrons. The van der Waals surface area contributed by atoms with Crippen LogP contribution < -0.4 is 10.6 Å². The number of ether oxygens (including phenoxy) is 1. The number of nitrogens with zero attached hydrogens (tertiary/aromatic N) is 3. The van der Waals surface area contributed by atoms with Gasteiger partial charge in [-0.15, -0.1) is 0 Å². The molecule has 3 heterocycles. The Balaban J connectivity index is 1.64. The number of rotatable bonds is 5. The smallest absolute Gasteiger partial charge is 0.252 e. The van der Waals surface area contributed by atoms with Crippen molar-refractivity contribution >= 4 is 5.91 Å². The van der Waals surface area contributed by atoms with Gasteiger partial charge in [0.25, 0.3) is 5.91 Å². The third-order valence-corrected chi connectivity index (χ3v) is 4.70. The minimum atomic E-state index is -0.720. The summed E-state index contributed by atoms with van der Waals surface area (Å²) in [4.78, 5) is 17.0. The summed E-state index contributed by atoms with van der Waals surface area (Å²) >= 11 is 0. The highest BCUT2D eigenvalue weighted by molar-refractivity contribution is 5.85. The SMILES string of the molecule is COC1(C(=O)NCc2ccc(-n3nc(C)cc3C)nc2)CCNCC1. The second kappa shape index (κ2) is 7.33. The number of hydrogen-bond acceptors (Lipinski definition) is 5. The van der Waals surface area contributed by atoms with Crippen LogP contribution in [0.4, 0.5) is 0 Å². The van der Waals surface area contributed by atoms with Gasteiger partial charge in [0.15, 0.2) is 5.82 Å². The molecule has 1 aliphatic heterocycles. The van der Waals surface area contributed by atoms with Gasteiger partial charge in [-0.1, -0.05) is 6.07 Å². The molecule has 0 radical (unpaired) electrons. The van der Waals surface area contributed by atoms with Crippen molar-refractivity contribution in [1.82, 2.24) is 25.4 Å². The van der Waals surface area contributed by atoms with Gasteiger partial charge in [-0.2, -0.15) is 5.10 Å². The third-order valence-electron chi connectivity index (χ3n) is 4.70. The minimum Gasteiger partial charge on any atom is -0.368 e. The number of piperidine rings is 1. The molecule has 7 heteroatoms. The molecule has 0 bridgehead atoms. The molecule has 0 unspecified atom stereocenters. The number of carbonyl (C=O) groups is 1. The average Bonchev–Trinajstić information content (AvgIpc) is 2.99. The summed E-state index contributed by atoms with van der Waals surface area (Å²) in [6, 6.07) is 5.89. The molecule has 1 fully saturated rings. The van der Waals surface area contributed by atoms with Crippen LogP contribution in [0.15, 0.2) is 24.4 Å². The maximum atomic E-state index is 12.6. The molecule has 0 saturated carbocycles. The van der Waals surface area contributed by atoms with E-state index in [1.807, 2.05) is 36.7 Å². The maximum Gasteiger partial charge on any atom is 0.252 e. The molecular weight excluding hydrogens is 318 g/mol. The lowest BCUT2D eigenvalue weighted by molar-refractivity contribution is -0.146. The van der Waals surface area contributed by atoms with Crippen LogP contribution in [0.1, 0.15) is 29.8 Å². The number of hydrogen-bond donors (Lipinski definition) is 2. The summed E-state index contributed by atoms with van der Waals surface area (Å²) in [6.45, 7) is 5.97. The lowest BCUT2D eigenvalue weighted by Gasteiger charge is -2.34. The lowest BCUT2D eigenvalue weighted by Crippen LogP contribution is -2.53. The minimum absolute atomic E-state index is 0.0564. The number of pyridine rings is 1. The number of carbonyl (C=O) groups excluding carboxylic acids is 1. The molecule has 0 spiro atoms. The number of nitrogens with one attached hydrogen (secondary N) is 2. The first-order chi connectivity index (χ1) is 12.0. The van der Waals surface area contributed by atoms with Crippen LogP contribution in [-0.4, -0.2) is 46.5 Å². The molecule has 0 aromatic carbocycles. The van der Waals surface area contributed by atoms with Gasteiger partial charge >= 0.3 is 0 Å². The molecule has 3 rings (SSSR count). The summed E-state index contributed by atoms with van der Waals surface area (Å²) < 4.78 is 7.35. The van der Waals surface area contributed by atoms with Crippen LogP contribution in [0.3, 0.4) is 0 Å². The highest BCUT2D eigenvalue weighted by atomic mass is 16.5. The largest absolute Gasteiger partial charge is 0.368 e. The van der Waals surface area contributed by atoms with E-state index in [-0.39, 0.29) is 5.91 Å². The van der Waals surface area contributed by atoms with E-state index < -0.39 is 5.60 Å². The summed E-state index contributed by atoms with van der Waals surface area (Å²) in [5.41, 5.74) is 2.22. The Labute approximate surface area is 147 Å². The van der Waals surface area contributed by atoms with Crippen molar-refractivity contribution in [3.05, 3.63) is 41.3 Å². The number of aryl methyl sites for hydroxylation is 2. The quantitative estimate of drug-likeness (QED) is 0.854. The van der Waals surface area contributed by atoms with E-state index in [0.717, 1.165) is 35.9 Å². The molecule has 1 saturated heterocycles. The summed E-state index contributed by atoms with van der Waals surface area (Å²) in [5, 5.41) is 10.7. The fraction of sp³-hybridized carbons (Fsp3) is 0.500. The van der Waals surface area contributed by atoms with Crippen molar-refractivity contribution in [3.63, 3.8) is 0 Å². The molecular formula is C18H25N5O2. The predicted octanol–water partition coefficient (Wildman–Crippen LogP) is 1.27. The van der Waals surface area contributed by atoms with Crippen molar-refractivity contribution in [3.8, 4) is 5.82 Å². The van der Waals surface area contributed by atoms with Gasteiger partial charge in [0.1, 0.15) is 5.60 Å². The molecule has 2 aromatic heterocycles. The van der Waals surface area contributed by atoms with Gasteiger partial charge in [-0.25, -0.2) is 9.67 Å². The first kappa shape index (κ1) is 17.6. The first-order valence-electron chi connectivity index (χ1n) is 8.57. The van der Waals surface area contributed by atoms with Crippen molar-refractivity contribution in [1.29, 1.82) is 0 Å². The van der Waals surface area contributed by atoms with Crippen molar-refractivity contribution in [2.75, 3.05) is 20.2 Å². The fourth-order valence-electron chi connectivity index (χ4n) is 3.21. The van der Waals surface area contributed by atoms with E-state index in [4.69, 9.17) is 4.74 Å². The van der Waals surface area contributed by atoms with E-state index >= 15 is 0 Å². The van der Waals surface area contributed by atoms with E-state index in [1.54, 1.807) is 13.3 Å². The summed E-state index contributed by atoms with van der Waals surface area (Å²) in [5.74, 6) is 0.714. The highest BCUT2D eigenvalue weighted by Crippen LogP contribution is 2.22. The highest BCUT2D eigenvalue weighted by Gasteiger charge is 2.39. The number of amides is 1. The zero-order valence-electron chi connectivity index (χ0n) is 15.0. The Kier molecular flexibility index (Phi) is 5.15. The maximum absolute atomic E-state index is 12.6. The summed E-state index contributed by atoms with van der Waals surface area (Å²) in [7, 11) is 1.61. The molecule has 2 aromatic rings. The number of methoxy groups -OCH3 is 1. The molecule has 0 aliphatic carbocycles. The van der Waals surface area contributed by atoms with Crippen molar-refractivity contribution in [2.45, 2.75) is 38.8 Å². The monoisotopic (exact) mass is 343 g/mol. The van der Waals surface area contributed by atoms with Crippen LogP contribution in [0.25, 0.3) is 5.82 Å². The van der Waals surface area contributed by atoms with Gasteiger partial charge in [0, 0.05) is 25.5 Å². The Bertz CT molecular complexity index is 732. The molecule has 0 atom stereocenters. The van der Waals surface area contributed by atoms with E-state index in [1.165, 1.54) is 0 Å². The standard InChI is InChI=1S/C18H25N5O2/c1-13-10-14(2)23(22-13)16-5-4-15(11-20-16)12-21-17(24)18(25-3)6-8-19-9-7-18/h4-5,10-11,19H,6-9,12H2,1-3H3,(H,21,24). The zero-order valence-corrected chi connectivity index (χ0v) is 15.0. The topological polar surface area (TPSA) is 81.1 Å². The Morgan fingerprint density at radius 2 is 2.12 bits per heavy atom. The lowest BCUT2D eigenvalue weighted by atomic mass is 9.91. The van der Waals surface area contributed by atoms with E-state index in [9.17, 15) is 4.79 Å². The Morgan fingerprint density at radius 3 is 2.68 bits per heavy atom. The molecule has 1 aliphatic rings. The van der Waals surface area contributed by atoms with Crippen LogP contribution in [0.2, 0.25) is 0 Å². The molecule has 1 amide bonds. The van der Waals surface area contributed by atoms with Gasteiger partial charge < -0.3 is 15.4 Å². The molecule has 2 N–H and O–H groups in total. The summed E-state index contributed by atoms with van der Waals surface area (Å²) in [6.07, 6.45) is 3.14. The van der Waals surface area contributed by atoms with Crippen molar-refractivity contribution in [2.24, 2.45) is 0 Å².